The van der Waals surface area contributed by atoms with E-state index >= 15 is 0 Å². The Morgan fingerprint density at radius 1 is 1.17 bits per heavy atom. The van der Waals surface area contributed by atoms with E-state index in [2.05, 4.69) is 10.6 Å². The monoisotopic (exact) mass is 409 g/mol. The molecule has 0 bridgehead atoms. The van der Waals surface area contributed by atoms with E-state index in [1.165, 1.54) is 6.92 Å². The molecule has 9 heteroatoms. The Hall–Kier alpha value is -3.02. The smallest absolute Gasteiger partial charge is 0.329 e. The largest absolute Gasteiger partial charge is 0.454 e. The van der Waals surface area contributed by atoms with Gasteiger partial charge in [-0.05, 0) is 30.9 Å². The molecule has 0 aliphatic rings. The van der Waals surface area contributed by atoms with Crippen LogP contribution in [-0.2, 0) is 14.3 Å². The Kier molecular flexibility index (Phi) is 8.25. The van der Waals surface area contributed by atoms with Crippen LogP contribution in [0.25, 0.3) is 0 Å². The highest BCUT2D eigenvalue weighted by Gasteiger charge is 2.32. The Morgan fingerprint density at radius 3 is 2.17 bits per heavy atom. The number of amides is 2. The maximum Gasteiger partial charge on any atom is 0.329 e. The van der Waals surface area contributed by atoms with Gasteiger partial charge in [0, 0.05) is 0 Å². The third-order valence-corrected chi connectivity index (χ3v) is 4.53. The first kappa shape index (κ1) is 24.0. The summed E-state index contributed by atoms with van der Waals surface area (Å²) in [7, 11) is 0. The van der Waals surface area contributed by atoms with Crippen molar-refractivity contribution < 1.29 is 27.9 Å². The van der Waals surface area contributed by atoms with E-state index in [4.69, 9.17) is 4.74 Å². The number of nitriles is 1. The second kappa shape index (κ2) is 9.96. The third-order valence-electron chi connectivity index (χ3n) is 4.53. The first-order chi connectivity index (χ1) is 13.4. The molecule has 1 rings (SSSR count). The summed E-state index contributed by atoms with van der Waals surface area (Å²) in [5.41, 5.74) is -1.96. The number of halogens is 2. The minimum atomic E-state index is -1.23. The van der Waals surface area contributed by atoms with Crippen molar-refractivity contribution in [1.29, 1.82) is 5.26 Å². The topological polar surface area (TPSA) is 108 Å². The molecule has 2 atom stereocenters. The number of nitrogens with one attached hydrogen (secondary N) is 2. The van der Waals surface area contributed by atoms with Crippen LogP contribution in [0, 0.1) is 34.8 Å². The van der Waals surface area contributed by atoms with E-state index in [1.54, 1.807) is 27.7 Å². The van der Waals surface area contributed by atoms with Crippen molar-refractivity contribution in [3.63, 3.8) is 0 Å². The summed E-state index contributed by atoms with van der Waals surface area (Å²) >= 11 is 0. The van der Waals surface area contributed by atoms with Crippen LogP contribution < -0.4 is 10.6 Å². The molecule has 0 spiro atoms. The fraction of sp³-hybridized carbons (Fsp3) is 0.500. The lowest BCUT2D eigenvalue weighted by Gasteiger charge is -2.27. The standard InChI is InChI=1S/C20H25F2N3O4/c1-11(2)17(24-18(27)16-13(21)7-6-8-14(16)22)19(28)29-9-15(26)25-20(5,10-23)12(3)4/h6-8,11-12,17H,9H2,1-5H3,(H,24,27)(H,25,26)/t17-,20+/m0/s1. The quantitative estimate of drug-likeness (QED) is 0.641. The van der Waals surface area contributed by atoms with Crippen LogP contribution in [0.2, 0.25) is 0 Å². The van der Waals surface area contributed by atoms with Crippen molar-refractivity contribution in [2.75, 3.05) is 6.61 Å². The van der Waals surface area contributed by atoms with E-state index in [-0.39, 0.29) is 5.92 Å². The zero-order chi connectivity index (χ0) is 22.4. The average molecular weight is 409 g/mol. The van der Waals surface area contributed by atoms with Crippen LogP contribution in [0.3, 0.4) is 0 Å². The van der Waals surface area contributed by atoms with Crippen molar-refractivity contribution in [1.82, 2.24) is 10.6 Å². The second-order valence-corrected chi connectivity index (χ2v) is 7.42. The highest BCUT2D eigenvalue weighted by atomic mass is 19.1. The number of hydrogen-bond acceptors (Lipinski definition) is 5. The summed E-state index contributed by atoms with van der Waals surface area (Å²) in [5.74, 6) is -5.55. The highest BCUT2D eigenvalue weighted by Crippen LogP contribution is 2.15. The summed E-state index contributed by atoms with van der Waals surface area (Å²) in [6.07, 6.45) is 0. The highest BCUT2D eigenvalue weighted by molar-refractivity contribution is 5.97. The summed E-state index contributed by atoms with van der Waals surface area (Å²) in [6, 6.07) is 3.71. The second-order valence-electron chi connectivity index (χ2n) is 7.42. The van der Waals surface area contributed by atoms with Crippen LogP contribution in [0.5, 0.6) is 0 Å². The third kappa shape index (κ3) is 6.24. The predicted octanol–water partition coefficient (Wildman–Crippen LogP) is 2.32. The van der Waals surface area contributed by atoms with Crippen LogP contribution in [-0.4, -0.2) is 36.0 Å². The normalized spacial score (nSPS) is 13.9. The molecule has 0 aromatic heterocycles. The fourth-order valence-electron chi connectivity index (χ4n) is 2.28. The van der Waals surface area contributed by atoms with Gasteiger partial charge >= 0.3 is 5.97 Å². The van der Waals surface area contributed by atoms with E-state index < -0.39 is 59.1 Å². The lowest BCUT2D eigenvalue weighted by molar-refractivity contribution is -0.151. The zero-order valence-corrected chi connectivity index (χ0v) is 17.0. The number of rotatable bonds is 8. The molecule has 0 fully saturated rings. The number of esters is 1. The van der Waals surface area contributed by atoms with Gasteiger partial charge in [-0.25, -0.2) is 13.6 Å². The molecule has 29 heavy (non-hydrogen) atoms. The summed E-state index contributed by atoms with van der Waals surface area (Å²) < 4.78 is 32.5. The van der Waals surface area contributed by atoms with Crippen molar-refractivity contribution in [2.45, 2.75) is 46.2 Å². The Labute approximate surface area is 168 Å². The molecule has 1 aromatic rings. The fourth-order valence-corrected chi connectivity index (χ4v) is 2.28. The molecule has 0 aliphatic carbocycles. The molecular formula is C20H25F2N3O4. The Morgan fingerprint density at radius 2 is 1.72 bits per heavy atom. The van der Waals surface area contributed by atoms with Crippen molar-refractivity contribution >= 4 is 17.8 Å². The predicted molar refractivity (Wildman–Crippen MR) is 100 cm³/mol. The summed E-state index contributed by atoms with van der Waals surface area (Å²) in [4.78, 5) is 36.6. The van der Waals surface area contributed by atoms with E-state index in [0.717, 1.165) is 18.2 Å². The number of benzene rings is 1. The SMILES string of the molecule is CC(C)[C@H](NC(=O)c1c(F)cccc1F)C(=O)OCC(=O)N[C@](C)(C#N)C(C)C. The molecule has 0 radical (unpaired) electrons. The van der Waals surface area contributed by atoms with Gasteiger partial charge in [-0.2, -0.15) is 5.26 Å². The molecule has 0 saturated carbocycles. The van der Waals surface area contributed by atoms with Crippen molar-refractivity contribution in [3.8, 4) is 6.07 Å². The lowest BCUT2D eigenvalue weighted by atomic mass is 9.90. The molecule has 0 aliphatic heterocycles. The lowest BCUT2D eigenvalue weighted by Crippen LogP contribution is -2.51. The maximum atomic E-state index is 13.8. The first-order valence-corrected chi connectivity index (χ1v) is 9.06. The van der Waals surface area contributed by atoms with Crippen LogP contribution >= 0.6 is 0 Å². The number of nitrogens with zero attached hydrogens (tertiary/aromatic N) is 1. The summed E-state index contributed by atoms with van der Waals surface area (Å²) in [6.45, 7) is 7.56. The molecule has 1 aromatic carbocycles. The molecule has 0 saturated heterocycles. The van der Waals surface area contributed by atoms with E-state index in [9.17, 15) is 28.4 Å². The maximum absolute atomic E-state index is 13.8. The van der Waals surface area contributed by atoms with Gasteiger partial charge in [0.2, 0.25) is 0 Å². The molecule has 7 nitrogen and oxygen atoms in total. The molecule has 2 N–H and O–H groups in total. The Balaban J connectivity index is 2.80. The van der Waals surface area contributed by atoms with Gasteiger partial charge < -0.3 is 15.4 Å². The van der Waals surface area contributed by atoms with Gasteiger partial charge in [-0.3, -0.25) is 9.59 Å². The van der Waals surface area contributed by atoms with Gasteiger partial charge in [0.15, 0.2) is 6.61 Å². The number of hydrogen-bond donors (Lipinski definition) is 2. The van der Waals surface area contributed by atoms with E-state index in [0.29, 0.717) is 0 Å². The average Bonchev–Trinajstić information content (AvgIpc) is 2.63. The molecule has 2 amide bonds. The van der Waals surface area contributed by atoms with E-state index in [1.807, 2.05) is 6.07 Å². The van der Waals surface area contributed by atoms with Gasteiger partial charge in [0.1, 0.15) is 28.8 Å². The Bertz CT molecular complexity index is 800. The van der Waals surface area contributed by atoms with Gasteiger partial charge in [0.05, 0.1) is 6.07 Å². The molecule has 0 heterocycles. The molecule has 158 valence electrons. The number of ether oxygens (including phenoxy) is 1. The first-order valence-electron chi connectivity index (χ1n) is 9.06. The minimum absolute atomic E-state index is 0.189. The zero-order valence-electron chi connectivity index (χ0n) is 17.0. The van der Waals surface area contributed by atoms with Crippen molar-refractivity contribution in [2.24, 2.45) is 11.8 Å². The van der Waals surface area contributed by atoms with Crippen LogP contribution in [0.15, 0.2) is 18.2 Å². The molecule has 0 unspecified atom stereocenters. The van der Waals surface area contributed by atoms with Crippen LogP contribution in [0.4, 0.5) is 8.78 Å². The van der Waals surface area contributed by atoms with Gasteiger partial charge in [0.25, 0.3) is 11.8 Å². The van der Waals surface area contributed by atoms with Crippen LogP contribution in [0.1, 0.15) is 45.0 Å². The van der Waals surface area contributed by atoms with Gasteiger partial charge in [-0.15, -0.1) is 0 Å². The number of carbonyl (C=O) groups excluding carboxylic acids is 3. The molecular weight excluding hydrogens is 384 g/mol. The van der Waals surface area contributed by atoms with Crippen molar-refractivity contribution in [3.05, 3.63) is 35.4 Å². The summed E-state index contributed by atoms with van der Waals surface area (Å²) in [5, 5.41) is 13.9. The number of carbonyl (C=O) groups is 3. The van der Waals surface area contributed by atoms with Gasteiger partial charge in [-0.1, -0.05) is 33.8 Å². The minimum Gasteiger partial charge on any atom is -0.454 e.